The van der Waals surface area contributed by atoms with Crippen LogP contribution in [0.2, 0.25) is 0 Å². The van der Waals surface area contributed by atoms with Gasteiger partial charge in [0.2, 0.25) is 5.91 Å². The van der Waals surface area contributed by atoms with E-state index in [1.807, 2.05) is 12.1 Å². The maximum Gasteiger partial charge on any atom is 0.335 e. The maximum atomic E-state index is 13.0. The lowest BCUT2D eigenvalue weighted by atomic mass is 10.1. The molecule has 0 radical (unpaired) electrons. The number of amides is 4. The molecular formula is C30H28N4O7. The SMILES string of the molecule is O=C(CN1C(=O)N/C(=C\c2ccccc2OCc2ccc(C(=O)O)cc2)C1=O)Nc1ccc(N2CCOCC2)cc1. The van der Waals surface area contributed by atoms with Crippen LogP contribution in [0.3, 0.4) is 0 Å². The highest BCUT2D eigenvalue weighted by Crippen LogP contribution is 2.24. The van der Waals surface area contributed by atoms with Crippen LogP contribution in [0.15, 0.2) is 78.5 Å². The molecule has 0 unspecified atom stereocenters. The van der Waals surface area contributed by atoms with E-state index in [9.17, 15) is 19.2 Å². The second kappa shape index (κ2) is 12.3. The number of para-hydroxylation sites is 1. The van der Waals surface area contributed by atoms with Gasteiger partial charge in [0.15, 0.2) is 0 Å². The first-order valence-corrected chi connectivity index (χ1v) is 13.0. The molecule has 3 aromatic carbocycles. The zero-order chi connectivity index (χ0) is 28.8. The van der Waals surface area contributed by atoms with E-state index in [0.717, 1.165) is 29.2 Å². The maximum absolute atomic E-state index is 13.0. The van der Waals surface area contributed by atoms with E-state index in [0.29, 0.717) is 30.2 Å². The van der Waals surface area contributed by atoms with Gasteiger partial charge in [0.25, 0.3) is 5.91 Å². The predicted octanol–water partition coefficient (Wildman–Crippen LogP) is 3.33. The van der Waals surface area contributed by atoms with Crippen molar-refractivity contribution in [1.29, 1.82) is 0 Å². The number of carbonyl (C=O) groups excluding carboxylic acids is 3. The minimum atomic E-state index is -1.01. The highest BCUT2D eigenvalue weighted by molar-refractivity contribution is 6.16. The monoisotopic (exact) mass is 556 g/mol. The molecular weight excluding hydrogens is 528 g/mol. The van der Waals surface area contributed by atoms with Crippen molar-refractivity contribution < 1.29 is 33.8 Å². The van der Waals surface area contributed by atoms with Crippen LogP contribution in [0.1, 0.15) is 21.5 Å². The average Bonchev–Trinajstić information content (AvgIpc) is 3.25. The van der Waals surface area contributed by atoms with Crippen molar-refractivity contribution in [2.24, 2.45) is 0 Å². The standard InChI is InChI=1S/C30H28N4O7/c35-27(31-23-9-11-24(12-10-23)33-13-15-40-16-14-33)18-34-28(36)25(32-30(34)39)17-22-3-1-2-4-26(22)41-19-20-5-7-21(8-6-20)29(37)38/h1-12,17H,13-16,18-19H2,(H,31,35)(H,32,39)(H,37,38)/b25-17-. The summed E-state index contributed by atoms with van der Waals surface area (Å²) in [5, 5.41) is 14.3. The minimum absolute atomic E-state index is 0.0134. The number of carbonyl (C=O) groups is 4. The predicted molar refractivity (Wildman–Crippen MR) is 151 cm³/mol. The molecule has 0 aliphatic carbocycles. The number of carboxylic acid groups (broad SMARTS) is 1. The van der Waals surface area contributed by atoms with Crippen molar-refractivity contribution in [2.75, 3.05) is 43.1 Å². The molecule has 0 spiro atoms. The largest absolute Gasteiger partial charge is 0.488 e. The zero-order valence-corrected chi connectivity index (χ0v) is 22.0. The van der Waals surface area contributed by atoms with Crippen LogP contribution in [-0.4, -0.2) is 66.7 Å². The molecule has 2 fully saturated rings. The van der Waals surface area contributed by atoms with Gasteiger partial charge in [0, 0.05) is 30.0 Å². The molecule has 5 rings (SSSR count). The molecule has 4 amide bonds. The van der Waals surface area contributed by atoms with Crippen molar-refractivity contribution in [1.82, 2.24) is 10.2 Å². The quantitative estimate of drug-likeness (QED) is 0.270. The smallest absolute Gasteiger partial charge is 0.335 e. The molecule has 2 saturated heterocycles. The topological polar surface area (TPSA) is 138 Å². The number of benzene rings is 3. The molecule has 3 N–H and O–H groups in total. The molecule has 0 aromatic heterocycles. The summed E-state index contributed by atoms with van der Waals surface area (Å²) in [6.45, 7) is 2.66. The first-order chi connectivity index (χ1) is 19.9. The van der Waals surface area contributed by atoms with Crippen molar-refractivity contribution in [3.63, 3.8) is 0 Å². The van der Waals surface area contributed by atoms with Gasteiger partial charge in [0.05, 0.1) is 18.8 Å². The Morgan fingerprint density at radius 3 is 2.39 bits per heavy atom. The van der Waals surface area contributed by atoms with Gasteiger partial charge in [-0.25, -0.2) is 14.5 Å². The lowest BCUT2D eigenvalue weighted by molar-refractivity contribution is -0.127. The van der Waals surface area contributed by atoms with Gasteiger partial charge in [-0.05, 0) is 54.1 Å². The number of nitrogens with zero attached hydrogens (tertiary/aromatic N) is 2. The number of ether oxygens (including phenoxy) is 2. The molecule has 41 heavy (non-hydrogen) atoms. The highest BCUT2D eigenvalue weighted by atomic mass is 16.5. The second-order valence-corrected chi connectivity index (χ2v) is 9.40. The highest BCUT2D eigenvalue weighted by Gasteiger charge is 2.35. The summed E-state index contributed by atoms with van der Waals surface area (Å²) in [5.41, 5.74) is 3.07. The van der Waals surface area contributed by atoms with Crippen LogP contribution in [0.5, 0.6) is 5.75 Å². The molecule has 210 valence electrons. The lowest BCUT2D eigenvalue weighted by Gasteiger charge is -2.28. The number of aromatic carboxylic acids is 1. The number of imide groups is 1. The van der Waals surface area contributed by atoms with E-state index < -0.39 is 30.4 Å². The molecule has 3 aromatic rings. The Hall–Kier alpha value is -5.16. The fourth-order valence-corrected chi connectivity index (χ4v) is 4.43. The second-order valence-electron chi connectivity index (χ2n) is 9.40. The number of carboxylic acids is 1. The Bertz CT molecular complexity index is 1480. The van der Waals surface area contributed by atoms with Crippen LogP contribution < -0.4 is 20.3 Å². The minimum Gasteiger partial charge on any atom is -0.488 e. The van der Waals surface area contributed by atoms with Gasteiger partial charge in [-0.15, -0.1) is 0 Å². The lowest BCUT2D eigenvalue weighted by Crippen LogP contribution is -2.38. The average molecular weight is 557 g/mol. The summed E-state index contributed by atoms with van der Waals surface area (Å²) >= 11 is 0. The Morgan fingerprint density at radius 1 is 0.976 bits per heavy atom. The molecule has 2 aliphatic heterocycles. The number of anilines is 2. The van der Waals surface area contributed by atoms with Crippen molar-refractivity contribution in [3.05, 3.63) is 95.2 Å². The zero-order valence-electron chi connectivity index (χ0n) is 22.0. The van der Waals surface area contributed by atoms with Crippen LogP contribution in [0.25, 0.3) is 6.08 Å². The van der Waals surface area contributed by atoms with Crippen molar-refractivity contribution in [2.45, 2.75) is 6.61 Å². The summed E-state index contributed by atoms with van der Waals surface area (Å²) in [6, 6.07) is 19.9. The Kier molecular flexibility index (Phi) is 8.26. The summed E-state index contributed by atoms with van der Waals surface area (Å²) in [5.74, 6) is -1.69. The number of urea groups is 1. The Morgan fingerprint density at radius 2 is 1.68 bits per heavy atom. The molecule has 2 heterocycles. The van der Waals surface area contributed by atoms with Crippen LogP contribution in [0, 0.1) is 0 Å². The van der Waals surface area contributed by atoms with Crippen LogP contribution in [-0.2, 0) is 20.9 Å². The van der Waals surface area contributed by atoms with Gasteiger partial charge in [-0.2, -0.15) is 0 Å². The number of nitrogens with one attached hydrogen (secondary N) is 2. The van der Waals surface area contributed by atoms with E-state index in [1.165, 1.54) is 18.2 Å². The normalized spacial score (nSPS) is 16.0. The summed E-state index contributed by atoms with van der Waals surface area (Å²) in [6.07, 6.45) is 1.49. The van der Waals surface area contributed by atoms with Gasteiger partial charge < -0.3 is 30.1 Å². The third-order valence-electron chi connectivity index (χ3n) is 6.61. The molecule has 11 heteroatoms. The Labute approximate surface area is 236 Å². The molecule has 0 bridgehead atoms. The van der Waals surface area contributed by atoms with Crippen LogP contribution in [0.4, 0.5) is 16.2 Å². The number of morpholine rings is 1. The van der Waals surface area contributed by atoms with E-state index in [1.54, 1.807) is 48.5 Å². The molecule has 11 nitrogen and oxygen atoms in total. The van der Waals surface area contributed by atoms with E-state index in [4.69, 9.17) is 14.6 Å². The van der Waals surface area contributed by atoms with E-state index in [2.05, 4.69) is 15.5 Å². The van der Waals surface area contributed by atoms with Gasteiger partial charge in [0.1, 0.15) is 24.6 Å². The molecule has 0 atom stereocenters. The fraction of sp³-hybridized carbons (Fsp3) is 0.200. The van der Waals surface area contributed by atoms with Crippen LogP contribution >= 0.6 is 0 Å². The number of hydrogen-bond acceptors (Lipinski definition) is 7. The van der Waals surface area contributed by atoms with Gasteiger partial charge >= 0.3 is 12.0 Å². The van der Waals surface area contributed by atoms with Gasteiger partial charge in [-0.1, -0.05) is 30.3 Å². The first-order valence-electron chi connectivity index (χ1n) is 13.0. The van der Waals surface area contributed by atoms with Crippen molar-refractivity contribution >= 4 is 41.3 Å². The van der Waals surface area contributed by atoms with Crippen molar-refractivity contribution in [3.8, 4) is 5.75 Å². The third kappa shape index (κ3) is 6.71. The number of rotatable bonds is 9. The third-order valence-corrected chi connectivity index (χ3v) is 6.61. The summed E-state index contributed by atoms with van der Waals surface area (Å²) in [7, 11) is 0. The molecule has 2 aliphatic rings. The Balaban J connectivity index is 1.20. The summed E-state index contributed by atoms with van der Waals surface area (Å²) < 4.78 is 11.3. The summed E-state index contributed by atoms with van der Waals surface area (Å²) in [4.78, 5) is 52.3. The number of hydrogen-bond donors (Lipinski definition) is 3. The van der Waals surface area contributed by atoms with Gasteiger partial charge in [-0.3, -0.25) is 9.59 Å². The molecule has 0 saturated carbocycles. The first kappa shape index (κ1) is 27.4. The van der Waals surface area contributed by atoms with E-state index >= 15 is 0 Å². The van der Waals surface area contributed by atoms with E-state index in [-0.39, 0.29) is 17.9 Å². The fourth-order valence-electron chi connectivity index (χ4n) is 4.43.